The number of hydrogen-bond acceptors (Lipinski definition) is 5. The maximum Gasteiger partial charge on any atom is 0.344 e. The summed E-state index contributed by atoms with van der Waals surface area (Å²) in [6.45, 7) is -0.122. The summed E-state index contributed by atoms with van der Waals surface area (Å²) in [5.41, 5.74) is 0.767. The van der Waals surface area contributed by atoms with Crippen LogP contribution in [0.4, 0.5) is 0 Å². The molecule has 0 unspecified atom stereocenters. The van der Waals surface area contributed by atoms with Crippen molar-refractivity contribution in [2.45, 2.75) is 6.61 Å². The van der Waals surface area contributed by atoms with Gasteiger partial charge in [-0.15, -0.1) is 0 Å². The molecule has 1 aromatic heterocycles. The van der Waals surface area contributed by atoms with Crippen molar-refractivity contribution >= 4 is 16.9 Å². The van der Waals surface area contributed by atoms with E-state index in [1.807, 2.05) is 36.4 Å². The fourth-order valence-corrected chi connectivity index (χ4v) is 2.18. The summed E-state index contributed by atoms with van der Waals surface area (Å²) in [5.74, 6) is 1.18. The van der Waals surface area contributed by atoms with Crippen LogP contribution in [-0.2, 0) is 16.1 Å². The smallest absolute Gasteiger partial charge is 0.344 e. The standard InChI is InChI=1S/C18H16O5/c1-20-16-8-4-5-9-17(16)21-12-18(19)22-11-14-10-13-6-2-3-7-15(13)23-14/h2-10H,11-12H2,1H3. The number of esters is 1. The molecule has 3 rings (SSSR count). The fraction of sp³-hybridized carbons (Fsp3) is 0.167. The molecular formula is C18H16O5. The van der Waals surface area contributed by atoms with Gasteiger partial charge >= 0.3 is 5.97 Å². The molecule has 0 saturated heterocycles. The summed E-state index contributed by atoms with van der Waals surface area (Å²) in [7, 11) is 1.54. The largest absolute Gasteiger partial charge is 0.493 e. The van der Waals surface area contributed by atoms with Crippen molar-refractivity contribution in [1.29, 1.82) is 0 Å². The third-order valence-electron chi connectivity index (χ3n) is 3.27. The number of hydrogen-bond donors (Lipinski definition) is 0. The Bertz CT molecular complexity index is 773. The summed E-state index contributed by atoms with van der Waals surface area (Å²) in [4.78, 5) is 11.8. The molecule has 118 valence electrons. The second-order valence-electron chi connectivity index (χ2n) is 4.85. The predicted molar refractivity (Wildman–Crippen MR) is 84.5 cm³/mol. The minimum Gasteiger partial charge on any atom is -0.493 e. The first kappa shape index (κ1) is 15.0. The molecule has 5 heteroatoms. The third kappa shape index (κ3) is 3.63. The van der Waals surface area contributed by atoms with Gasteiger partial charge in [-0.3, -0.25) is 0 Å². The van der Waals surface area contributed by atoms with Gasteiger partial charge < -0.3 is 18.6 Å². The molecule has 0 spiro atoms. The van der Waals surface area contributed by atoms with Crippen LogP contribution in [0.25, 0.3) is 11.0 Å². The van der Waals surface area contributed by atoms with E-state index < -0.39 is 5.97 Å². The van der Waals surface area contributed by atoms with Crippen LogP contribution in [0.1, 0.15) is 5.76 Å². The van der Waals surface area contributed by atoms with Crippen LogP contribution in [-0.4, -0.2) is 19.7 Å². The first-order chi connectivity index (χ1) is 11.3. The number of methoxy groups -OCH3 is 1. The maximum absolute atomic E-state index is 11.8. The molecule has 2 aromatic carbocycles. The number of carbonyl (C=O) groups excluding carboxylic acids is 1. The quantitative estimate of drug-likeness (QED) is 0.651. The maximum atomic E-state index is 11.8. The highest BCUT2D eigenvalue weighted by Crippen LogP contribution is 2.25. The van der Waals surface area contributed by atoms with Crippen LogP contribution < -0.4 is 9.47 Å². The molecule has 0 amide bonds. The van der Waals surface area contributed by atoms with Crippen molar-refractivity contribution in [3.63, 3.8) is 0 Å². The van der Waals surface area contributed by atoms with Crippen molar-refractivity contribution < 1.29 is 23.4 Å². The molecule has 3 aromatic rings. The molecule has 0 atom stereocenters. The number of furan rings is 1. The Morgan fingerprint density at radius 3 is 2.57 bits per heavy atom. The van der Waals surface area contributed by atoms with E-state index in [0.717, 1.165) is 11.0 Å². The van der Waals surface area contributed by atoms with Gasteiger partial charge in [0.15, 0.2) is 18.1 Å². The van der Waals surface area contributed by atoms with Gasteiger partial charge in [-0.2, -0.15) is 0 Å². The van der Waals surface area contributed by atoms with Crippen LogP contribution >= 0.6 is 0 Å². The minimum atomic E-state index is -0.476. The summed E-state index contributed by atoms with van der Waals surface area (Å²) in [6.07, 6.45) is 0. The number of benzene rings is 2. The number of ether oxygens (including phenoxy) is 3. The number of carbonyl (C=O) groups is 1. The van der Waals surface area contributed by atoms with Crippen LogP contribution in [0.2, 0.25) is 0 Å². The number of rotatable bonds is 6. The van der Waals surface area contributed by atoms with Gasteiger partial charge in [0.05, 0.1) is 7.11 Å². The van der Waals surface area contributed by atoms with E-state index in [2.05, 4.69) is 0 Å². The van der Waals surface area contributed by atoms with Crippen molar-refractivity contribution in [3.05, 3.63) is 60.4 Å². The van der Waals surface area contributed by atoms with Crippen LogP contribution in [0.3, 0.4) is 0 Å². The van der Waals surface area contributed by atoms with Gasteiger partial charge in [0.25, 0.3) is 0 Å². The first-order valence-corrected chi connectivity index (χ1v) is 7.15. The van der Waals surface area contributed by atoms with Gasteiger partial charge in [-0.05, 0) is 24.3 Å². The molecule has 0 saturated carbocycles. The SMILES string of the molecule is COc1ccccc1OCC(=O)OCc1cc2ccccc2o1. The van der Waals surface area contributed by atoms with Crippen molar-refractivity contribution in [2.75, 3.05) is 13.7 Å². The topological polar surface area (TPSA) is 57.9 Å². The van der Waals surface area contributed by atoms with Crippen molar-refractivity contribution in [3.8, 4) is 11.5 Å². The third-order valence-corrected chi connectivity index (χ3v) is 3.27. The van der Waals surface area contributed by atoms with Gasteiger partial charge in [0.1, 0.15) is 18.0 Å². The Hall–Kier alpha value is -2.95. The highest BCUT2D eigenvalue weighted by atomic mass is 16.6. The van der Waals surface area contributed by atoms with Crippen molar-refractivity contribution in [2.24, 2.45) is 0 Å². The molecule has 1 heterocycles. The molecule has 0 aliphatic heterocycles. The van der Waals surface area contributed by atoms with Gasteiger partial charge in [-0.25, -0.2) is 4.79 Å². The normalized spacial score (nSPS) is 10.5. The van der Waals surface area contributed by atoms with E-state index in [1.165, 1.54) is 0 Å². The Morgan fingerprint density at radius 1 is 1.04 bits per heavy atom. The lowest BCUT2D eigenvalue weighted by Gasteiger charge is -2.09. The van der Waals surface area contributed by atoms with E-state index >= 15 is 0 Å². The van der Waals surface area contributed by atoms with Crippen LogP contribution in [0.5, 0.6) is 11.5 Å². The molecule has 23 heavy (non-hydrogen) atoms. The Balaban J connectivity index is 1.53. The second kappa shape index (κ2) is 6.87. The predicted octanol–water partition coefficient (Wildman–Crippen LogP) is 3.56. The lowest BCUT2D eigenvalue weighted by atomic mass is 10.2. The number of para-hydroxylation sites is 3. The number of fused-ring (bicyclic) bond motifs is 1. The average molecular weight is 312 g/mol. The van der Waals surface area contributed by atoms with Gasteiger partial charge in [0, 0.05) is 5.39 Å². The van der Waals surface area contributed by atoms with Gasteiger partial charge in [-0.1, -0.05) is 30.3 Å². The lowest BCUT2D eigenvalue weighted by Crippen LogP contribution is -2.14. The summed E-state index contributed by atoms with van der Waals surface area (Å²) >= 11 is 0. The highest BCUT2D eigenvalue weighted by molar-refractivity contribution is 5.77. The molecular weight excluding hydrogens is 296 g/mol. The summed E-state index contributed by atoms with van der Waals surface area (Å²) < 4.78 is 21.3. The monoisotopic (exact) mass is 312 g/mol. The molecule has 0 bridgehead atoms. The summed E-state index contributed by atoms with van der Waals surface area (Å²) in [5, 5.41) is 0.976. The Morgan fingerprint density at radius 2 is 1.78 bits per heavy atom. The van der Waals surface area contributed by atoms with Crippen LogP contribution in [0, 0.1) is 0 Å². The fourth-order valence-electron chi connectivity index (χ4n) is 2.18. The van der Waals surface area contributed by atoms with E-state index in [9.17, 15) is 4.79 Å². The minimum absolute atomic E-state index is 0.0722. The lowest BCUT2D eigenvalue weighted by molar-refractivity contribution is -0.147. The molecule has 0 aliphatic carbocycles. The molecule has 5 nitrogen and oxygen atoms in total. The second-order valence-corrected chi connectivity index (χ2v) is 4.85. The molecule has 0 fully saturated rings. The zero-order chi connectivity index (χ0) is 16.1. The highest BCUT2D eigenvalue weighted by Gasteiger charge is 2.10. The van der Waals surface area contributed by atoms with Crippen molar-refractivity contribution in [1.82, 2.24) is 0 Å². The van der Waals surface area contributed by atoms with Gasteiger partial charge in [0.2, 0.25) is 0 Å². The first-order valence-electron chi connectivity index (χ1n) is 7.15. The zero-order valence-corrected chi connectivity index (χ0v) is 12.7. The zero-order valence-electron chi connectivity index (χ0n) is 12.7. The van der Waals surface area contributed by atoms with Crippen LogP contribution in [0.15, 0.2) is 59.0 Å². The van der Waals surface area contributed by atoms with E-state index in [4.69, 9.17) is 18.6 Å². The van der Waals surface area contributed by atoms with E-state index in [1.54, 1.807) is 25.3 Å². The molecule has 0 aliphatic rings. The summed E-state index contributed by atoms with van der Waals surface area (Å²) in [6, 6.07) is 16.6. The average Bonchev–Trinajstić information content (AvgIpc) is 3.01. The molecule has 0 radical (unpaired) electrons. The van der Waals surface area contributed by atoms with E-state index in [0.29, 0.717) is 17.3 Å². The molecule has 0 N–H and O–H groups in total. The Kier molecular flexibility index (Phi) is 4.47. The Labute approximate surface area is 133 Å². The van der Waals surface area contributed by atoms with E-state index in [-0.39, 0.29) is 13.2 Å².